The van der Waals surface area contributed by atoms with Crippen molar-refractivity contribution in [1.82, 2.24) is 10.2 Å². The van der Waals surface area contributed by atoms with E-state index >= 15 is 0 Å². The van der Waals surface area contributed by atoms with E-state index in [0.717, 1.165) is 11.8 Å². The summed E-state index contributed by atoms with van der Waals surface area (Å²) in [6.45, 7) is 5.50. The largest absolute Gasteiger partial charge is 0.352 e. The lowest BCUT2D eigenvalue weighted by Gasteiger charge is -2.30. The molecular formula is C28H32FN3O4S. The molecule has 0 aromatic heterocycles. The second-order valence-electron chi connectivity index (χ2n) is 9.42. The standard InChI is InChI=1S/C28H32FN3O4S/c1-4-19(2)30-28(34)20(3)31(18-22-10-5-6-13-23(22)29)26(33)16-9-17-32-24-14-7-11-21-12-8-15-25(27(21)24)37(32,35)36/h5-8,10-15,19-20H,4,9,16-18H2,1-3H3,(H,30,34)/t19-,20-/m0/s1. The van der Waals surface area contributed by atoms with E-state index in [4.69, 9.17) is 0 Å². The van der Waals surface area contributed by atoms with E-state index in [2.05, 4.69) is 5.32 Å². The van der Waals surface area contributed by atoms with Crippen LogP contribution in [0.25, 0.3) is 10.8 Å². The summed E-state index contributed by atoms with van der Waals surface area (Å²) in [7, 11) is -3.72. The van der Waals surface area contributed by atoms with Crippen molar-refractivity contribution >= 4 is 38.3 Å². The third kappa shape index (κ3) is 5.32. The number of carbonyl (C=O) groups is 2. The summed E-state index contributed by atoms with van der Waals surface area (Å²) < 4.78 is 42.2. The van der Waals surface area contributed by atoms with E-state index in [1.807, 2.05) is 32.0 Å². The number of anilines is 1. The average Bonchev–Trinajstić information content (AvgIpc) is 3.10. The molecule has 0 saturated carbocycles. The minimum absolute atomic E-state index is 0.00768. The molecule has 7 nitrogen and oxygen atoms in total. The Morgan fingerprint density at radius 2 is 1.73 bits per heavy atom. The van der Waals surface area contributed by atoms with Crippen LogP contribution in [0.2, 0.25) is 0 Å². The number of carbonyl (C=O) groups excluding carboxylic acids is 2. The van der Waals surface area contributed by atoms with Crippen LogP contribution in [0.4, 0.5) is 10.1 Å². The highest BCUT2D eigenvalue weighted by molar-refractivity contribution is 7.93. The molecule has 1 aliphatic rings. The monoisotopic (exact) mass is 525 g/mol. The normalized spacial score (nSPS) is 15.4. The van der Waals surface area contributed by atoms with Crippen LogP contribution in [-0.4, -0.2) is 43.8 Å². The van der Waals surface area contributed by atoms with Gasteiger partial charge < -0.3 is 10.2 Å². The molecule has 4 rings (SSSR count). The van der Waals surface area contributed by atoms with Crippen molar-refractivity contribution in [1.29, 1.82) is 0 Å². The molecule has 1 aliphatic heterocycles. The van der Waals surface area contributed by atoms with Crippen molar-refractivity contribution in [2.45, 2.75) is 63.6 Å². The number of sulfonamides is 1. The topological polar surface area (TPSA) is 86.8 Å². The smallest absolute Gasteiger partial charge is 0.265 e. The summed E-state index contributed by atoms with van der Waals surface area (Å²) in [5.41, 5.74) is 0.911. The molecule has 1 N–H and O–H groups in total. The van der Waals surface area contributed by atoms with Gasteiger partial charge in [-0.25, -0.2) is 12.8 Å². The average molecular weight is 526 g/mol. The van der Waals surface area contributed by atoms with Crippen LogP contribution in [0.15, 0.2) is 65.6 Å². The van der Waals surface area contributed by atoms with Crippen molar-refractivity contribution < 1.29 is 22.4 Å². The number of rotatable bonds is 10. The van der Waals surface area contributed by atoms with Gasteiger partial charge in [0.2, 0.25) is 11.8 Å². The molecule has 0 unspecified atom stereocenters. The molecule has 1 heterocycles. The fourth-order valence-corrected chi connectivity index (χ4v) is 6.32. The van der Waals surface area contributed by atoms with Crippen molar-refractivity contribution in [2.24, 2.45) is 0 Å². The number of benzene rings is 3. The molecule has 0 bridgehead atoms. The molecule has 2 amide bonds. The fourth-order valence-electron chi connectivity index (χ4n) is 4.57. The predicted octanol–water partition coefficient (Wildman–Crippen LogP) is 4.60. The Kier molecular flexibility index (Phi) is 7.82. The first-order valence-electron chi connectivity index (χ1n) is 12.5. The highest BCUT2D eigenvalue weighted by atomic mass is 32.2. The van der Waals surface area contributed by atoms with Crippen LogP contribution in [0.3, 0.4) is 0 Å². The molecule has 196 valence electrons. The van der Waals surface area contributed by atoms with Gasteiger partial charge in [-0.05, 0) is 50.3 Å². The molecule has 3 aromatic rings. The van der Waals surface area contributed by atoms with Gasteiger partial charge in [0.15, 0.2) is 0 Å². The summed E-state index contributed by atoms with van der Waals surface area (Å²) in [4.78, 5) is 27.8. The van der Waals surface area contributed by atoms with Crippen molar-refractivity contribution in [3.05, 3.63) is 72.0 Å². The van der Waals surface area contributed by atoms with Gasteiger partial charge in [0.25, 0.3) is 10.0 Å². The zero-order chi connectivity index (χ0) is 26.7. The minimum Gasteiger partial charge on any atom is -0.352 e. The van der Waals surface area contributed by atoms with Gasteiger partial charge in [-0.3, -0.25) is 13.9 Å². The highest BCUT2D eigenvalue weighted by Gasteiger charge is 2.35. The van der Waals surface area contributed by atoms with Crippen molar-refractivity contribution in [2.75, 3.05) is 10.8 Å². The maximum atomic E-state index is 14.4. The Morgan fingerprint density at radius 1 is 1.03 bits per heavy atom. The summed E-state index contributed by atoms with van der Waals surface area (Å²) >= 11 is 0. The second kappa shape index (κ2) is 10.9. The summed E-state index contributed by atoms with van der Waals surface area (Å²) in [6.07, 6.45) is 0.989. The van der Waals surface area contributed by atoms with Gasteiger partial charge in [0, 0.05) is 36.5 Å². The maximum Gasteiger partial charge on any atom is 0.265 e. The van der Waals surface area contributed by atoms with Gasteiger partial charge in [0.05, 0.1) is 10.6 Å². The van der Waals surface area contributed by atoms with Gasteiger partial charge in [0.1, 0.15) is 11.9 Å². The number of amides is 2. The van der Waals surface area contributed by atoms with E-state index < -0.39 is 21.9 Å². The predicted molar refractivity (Wildman–Crippen MR) is 142 cm³/mol. The molecule has 0 aliphatic carbocycles. The van der Waals surface area contributed by atoms with Gasteiger partial charge in [-0.1, -0.05) is 49.4 Å². The number of hydrogen-bond donors (Lipinski definition) is 1. The first-order chi connectivity index (χ1) is 17.6. The lowest BCUT2D eigenvalue weighted by Crippen LogP contribution is -2.49. The Labute approximate surface area is 217 Å². The fraction of sp³-hybridized carbons (Fsp3) is 0.357. The van der Waals surface area contributed by atoms with E-state index in [1.54, 1.807) is 43.3 Å². The number of hydrogen-bond acceptors (Lipinski definition) is 4. The van der Waals surface area contributed by atoms with Crippen LogP contribution in [0.5, 0.6) is 0 Å². The number of nitrogens with zero attached hydrogens (tertiary/aromatic N) is 2. The number of halogens is 1. The van der Waals surface area contributed by atoms with Crippen molar-refractivity contribution in [3.8, 4) is 0 Å². The lowest BCUT2D eigenvalue weighted by atomic mass is 10.1. The Balaban J connectivity index is 1.50. The molecule has 2 atom stereocenters. The molecular weight excluding hydrogens is 493 g/mol. The molecule has 37 heavy (non-hydrogen) atoms. The van der Waals surface area contributed by atoms with Gasteiger partial charge in [-0.2, -0.15) is 0 Å². The van der Waals surface area contributed by atoms with Crippen LogP contribution in [0, 0.1) is 5.82 Å². The van der Waals surface area contributed by atoms with E-state index in [0.29, 0.717) is 16.6 Å². The van der Waals surface area contributed by atoms with Gasteiger partial charge in [-0.15, -0.1) is 0 Å². The molecule has 9 heteroatoms. The first kappa shape index (κ1) is 26.6. The second-order valence-corrected chi connectivity index (χ2v) is 11.2. The molecule has 0 radical (unpaired) electrons. The van der Waals surface area contributed by atoms with Crippen LogP contribution < -0.4 is 9.62 Å². The van der Waals surface area contributed by atoms with Gasteiger partial charge >= 0.3 is 0 Å². The zero-order valence-corrected chi connectivity index (χ0v) is 22.1. The molecule has 0 fully saturated rings. The molecule has 0 saturated heterocycles. The summed E-state index contributed by atoms with van der Waals surface area (Å²) in [6, 6.07) is 15.9. The molecule has 0 spiro atoms. The third-order valence-corrected chi connectivity index (χ3v) is 8.76. The SMILES string of the molecule is CC[C@H](C)NC(=O)[C@H](C)N(Cc1ccccc1F)C(=O)CCCN1c2cccc3cccc(c23)S1(=O)=O. The van der Waals surface area contributed by atoms with Crippen molar-refractivity contribution in [3.63, 3.8) is 0 Å². The quantitative estimate of drug-likeness (QED) is 0.419. The molecule has 3 aromatic carbocycles. The minimum atomic E-state index is -3.72. The van der Waals surface area contributed by atoms with Crippen LogP contribution in [0.1, 0.15) is 45.6 Å². The van der Waals surface area contributed by atoms with E-state index in [1.165, 1.54) is 15.3 Å². The van der Waals surface area contributed by atoms with E-state index in [-0.39, 0.29) is 48.7 Å². The lowest BCUT2D eigenvalue weighted by molar-refractivity contribution is -0.141. The Bertz CT molecular complexity index is 1420. The summed E-state index contributed by atoms with van der Waals surface area (Å²) in [5.74, 6) is -1.12. The Hall–Kier alpha value is -3.46. The first-order valence-corrected chi connectivity index (χ1v) is 14.0. The third-order valence-electron chi connectivity index (χ3n) is 6.90. The van der Waals surface area contributed by atoms with E-state index in [9.17, 15) is 22.4 Å². The van der Waals surface area contributed by atoms with Crippen LogP contribution in [-0.2, 0) is 26.2 Å². The highest BCUT2D eigenvalue weighted by Crippen LogP contribution is 2.42. The summed E-state index contributed by atoms with van der Waals surface area (Å²) in [5, 5.41) is 4.41. The maximum absolute atomic E-state index is 14.4. The Morgan fingerprint density at radius 3 is 2.43 bits per heavy atom. The van der Waals surface area contributed by atoms with Crippen LogP contribution >= 0.6 is 0 Å². The number of nitrogens with one attached hydrogen (secondary N) is 1. The zero-order valence-electron chi connectivity index (χ0n) is 21.3.